The highest BCUT2D eigenvalue weighted by Crippen LogP contribution is 2.30. The van der Waals surface area contributed by atoms with Gasteiger partial charge in [0.05, 0.1) is 12.6 Å². The van der Waals surface area contributed by atoms with E-state index in [1.807, 2.05) is 12.1 Å². The predicted molar refractivity (Wildman–Crippen MR) is 75.7 cm³/mol. The molecule has 0 fully saturated rings. The number of aryl methyl sites for hydroxylation is 1. The minimum absolute atomic E-state index is 0.0253. The summed E-state index contributed by atoms with van der Waals surface area (Å²) in [6.07, 6.45) is 0.761. The topological polar surface area (TPSA) is 27.1 Å². The minimum atomic E-state index is -0.0253. The first-order valence-corrected chi connectivity index (χ1v) is 6.63. The molecule has 0 aliphatic heterocycles. The van der Waals surface area contributed by atoms with Crippen LogP contribution in [0.5, 0.6) is 5.75 Å². The monoisotopic (exact) mass is 266 g/mol. The van der Waals surface area contributed by atoms with Gasteiger partial charge < -0.3 is 9.30 Å². The summed E-state index contributed by atoms with van der Waals surface area (Å²) < 4.78 is 7.62. The Morgan fingerprint density at radius 3 is 2.61 bits per heavy atom. The third kappa shape index (κ3) is 2.19. The Hall–Kier alpha value is -1.22. The molecule has 0 bridgehead atoms. The molecule has 0 aliphatic carbocycles. The number of imidazole rings is 1. The number of para-hydroxylation sites is 1. The zero-order chi connectivity index (χ0) is 13.3. The molecule has 0 amide bonds. The molecule has 0 saturated carbocycles. The largest absolute Gasteiger partial charge is 0.494 e. The Labute approximate surface area is 113 Å². The number of rotatable bonds is 3. The van der Waals surface area contributed by atoms with Crippen LogP contribution in [0.4, 0.5) is 0 Å². The number of aromatic nitrogens is 2. The molecule has 0 unspecified atom stereocenters. The molecule has 18 heavy (non-hydrogen) atoms. The normalized spacial score (nSPS) is 12.1. The van der Waals surface area contributed by atoms with Crippen LogP contribution < -0.4 is 4.74 Å². The highest BCUT2D eigenvalue weighted by Gasteiger charge is 2.22. The summed E-state index contributed by atoms with van der Waals surface area (Å²) in [7, 11) is 1.67. The maximum Gasteiger partial charge on any atom is 0.146 e. The lowest BCUT2D eigenvalue weighted by Crippen LogP contribution is -2.24. The molecule has 0 N–H and O–H groups in total. The summed E-state index contributed by atoms with van der Waals surface area (Å²) in [5.74, 6) is 2.39. The van der Waals surface area contributed by atoms with E-state index in [1.54, 1.807) is 7.11 Å². The number of hydrogen-bond acceptors (Lipinski definition) is 2. The van der Waals surface area contributed by atoms with Gasteiger partial charge >= 0.3 is 0 Å². The maximum absolute atomic E-state index is 5.87. The van der Waals surface area contributed by atoms with Crippen molar-refractivity contribution < 1.29 is 4.74 Å². The highest BCUT2D eigenvalue weighted by atomic mass is 35.5. The zero-order valence-electron chi connectivity index (χ0n) is 11.3. The molecule has 0 aliphatic rings. The molecule has 2 rings (SSSR count). The van der Waals surface area contributed by atoms with Crippen LogP contribution in [0.25, 0.3) is 11.0 Å². The Morgan fingerprint density at radius 2 is 2.06 bits per heavy atom. The van der Waals surface area contributed by atoms with Gasteiger partial charge in [-0.2, -0.15) is 0 Å². The molecule has 0 atom stereocenters. The van der Waals surface area contributed by atoms with Crippen molar-refractivity contribution in [2.75, 3.05) is 13.0 Å². The van der Waals surface area contributed by atoms with Crippen molar-refractivity contribution in [2.45, 2.75) is 32.7 Å². The Bertz CT molecular complexity index is 555. The number of methoxy groups -OCH3 is 1. The first-order chi connectivity index (χ1) is 8.49. The van der Waals surface area contributed by atoms with Gasteiger partial charge in [0.2, 0.25) is 0 Å². The first kappa shape index (κ1) is 13.2. The summed E-state index contributed by atoms with van der Waals surface area (Å²) in [6.45, 7) is 6.52. The molecule has 1 aromatic carbocycles. The molecule has 3 nitrogen and oxygen atoms in total. The van der Waals surface area contributed by atoms with Crippen LogP contribution in [0.3, 0.4) is 0 Å². The lowest BCUT2D eigenvalue weighted by Gasteiger charge is -2.24. The smallest absolute Gasteiger partial charge is 0.146 e. The molecular weight excluding hydrogens is 248 g/mol. The average Bonchev–Trinajstić information content (AvgIpc) is 2.66. The Balaban J connectivity index is 2.75. The van der Waals surface area contributed by atoms with E-state index in [0.717, 1.165) is 29.0 Å². The molecule has 98 valence electrons. The van der Waals surface area contributed by atoms with Gasteiger partial charge in [0.1, 0.15) is 17.1 Å². The van der Waals surface area contributed by atoms with E-state index in [1.165, 1.54) is 0 Å². The van der Waals surface area contributed by atoms with Crippen LogP contribution in [0, 0.1) is 0 Å². The Morgan fingerprint density at radius 1 is 1.33 bits per heavy atom. The van der Waals surface area contributed by atoms with E-state index < -0.39 is 0 Å². The van der Waals surface area contributed by atoms with Crippen molar-refractivity contribution >= 4 is 22.6 Å². The van der Waals surface area contributed by atoms with Crippen LogP contribution in [0.1, 0.15) is 26.6 Å². The molecular formula is C14H19ClN2O. The molecule has 0 saturated heterocycles. The number of ether oxygens (including phenoxy) is 1. The van der Waals surface area contributed by atoms with Crippen LogP contribution in [-0.4, -0.2) is 22.5 Å². The van der Waals surface area contributed by atoms with Crippen molar-refractivity contribution in [3.63, 3.8) is 0 Å². The predicted octanol–water partition coefficient (Wildman–Crippen LogP) is 3.58. The number of alkyl halides is 1. The number of benzene rings is 1. The number of hydrogen-bond donors (Lipinski definition) is 0. The van der Waals surface area contributed by atoms with E-state index in [4.69, 9.17) is 21.3 Å². The van der Waals surface area contributed by atoms with E-state index in [0.29, 0.717) is 5.88 Å². The van der Waals surface area contributed by atoms with Gasteiger partial charge in [-0.25, -0.2) is 4.98 Å². The third-order valence-electron chi connectivity index (χ3n) is 2.93. The fraction of sp³-hybridized carbons (Fsp3) is 0.500. The van der Waals surface area contributed by atoms with E-state index >= 15 is 0 Å². The third-order valence-corrected chi connectivity index (χ3v) is 3.12. The maximum atomic E-state index is 5.87. The van der Waals surface area contributed by atoms with Crippen molar-refractivity contribution in [3.8, 4) is 5.75 Å². The Kier molecular flexibility index (Phi) is 3.53. The van der Waals surface area contributed by atoms with E-state index in [9.17, 15) is 0 Å². The highest BCUT2D eigenvalue weighted by molar-refractivity contribution is 6.17. The number of nitrogens with zero attached hydrogens (tertiary/aromatic N) is 2. The summed E-state index contributed by atoms with van der Waals surface area (Å²) in [5, 5.41) is 0. The zero-order valence-corrected chi connectivity index (χ0v) is 12.1. The van der Waals surface area contributed by atoms with Gasteiger partial charge in [-0.3, -0.25) is 0 Å². The van der Waals surface area contributed by atoms with Crippen molar-refractivity contribution in [3.05, 3.63) is 24.0 Å². The first-order valence-electron chi connectivity index (χ1n) is 6.10. The molecule has 1 heterocycles. The van der Waals surface area contributed by atoms with Crippen molar-refractivity contribution in [1.82, 2.24) is 9.55 Å². The van der Waals surface area contributed by atoms with Gasteiger partial charge in [-0.15, -0.1) is 11.6 Å². The number of halogens is 1. The van der Waals surface area contributed by atoms with Crippen LogP contribution >= 0.6 is 11.6 Å². The molecule has 2 aromatic rings. The molecule has 4 heteroatoms. The van der Waals surface area contributed by atoms with Gasteiger partial charge in [0, 0.05) is 17.8 Å². The summed E-state index contributed by atoms with van der Waals surface area (Å²) in [6, 6.07) is 6.01. The fourth-order valence-electron chi connectivity index (χ4n) is 2.29. The summed E-state index contributed by atoms with van der Waals surface area (Å²) in [5.41, 5.74) is 1.99. The van der Waals surface area contributed by atoms with E-state index in [2.05, 4.69) is 31.4 Å². The lowest BCUT2D eigenvalue weighted by atomic mass is 10.1. The second-order valence-electron chi connectivity index (χ2n) is 5.30. The van der Waals surface area contributed by atoms with Crippen molar-refractivity contribution in [2.24, 2.45) is 0 Å². The molecule has 0 spiro atoms. The van der Waals surface area contributed by atoms with Crippen LogP contribution in [0.15, 0.2) is 18.2 Å². The quantitative estimate of drug-likeness (QED) is 0.794. The standard InChI is InChI=1S/C14H19ClN2O/c1-14(2,3)17-10-6-5-7-11(18-4)13(10)16-12(17)8-9-15/h5-7H,8-9H2,1-4H3. The molecule has 0 radical (unpaired) electrons. The summed E-state index contributed by atoms with van der Waals surface area (Å²) >= 11 is 5.87. The van der Waals surface area contributed by atoms with Gasteiger partial charge in [-0.1, -0.05) is 6.07 Å². The van der Waals surface area contributed by atoms with Gasteiger partial charge in [-0.05, 0) is 32.9 Å². The lowest BCUT2D eigenvalue weighted by molar-refractivity contribution is 0.395. The second-order valence-corrected chi connectivity index (χ2v) is 5.68. The van der Waals surface area contributed by atoms with Crippen LogP contribution in [-0.2, 0) is 12.0 Å². The second kappa shape index (κ2) is 4.81. The minimum Gasteiger partial charge on any atom is -0.494 e. The summed E-state index contributed by atoms with van der Waals surface area (Å²) in [4.78, 5) is 4.69. The van der Waals surface area contributed by atoms with Crippen LogP contribution in [0.2, 0.25) is 0 Å². The SMILES string of the molecule is COc1cccc2c1nc(CCCl)n2C(C)(C)C. The molecule has 1 aromatic heterocycles. The number of fused-ring (bicyclic) bond motifs is 1. The van der Waals surface area contributed by atoms with Gasteiger partial charge in [0.25, 0.3) is 0 Å². The fourth-order valence-corrected chi connectivity index (χ4v) is 2.46. The van der Waals surface area contributed by atoms with E-state index in [-0.39, 0.29) is 5.54 Å². The van der Waals surface area contributed by atoms with Crippen molar-refractivity contribution in [1.29, 1.82) is 0 Å². The average molecular weight is 267 g/mol. The van der Waals surface area contributed by atoms with Gasteiger partial charge in [0.15, 0.2) is 0 Å².